The third kappa shape index (κ3) is 4.03. The van der Waals surface area contributed by atoms with Crippen LogP contribution in [0.5, 0.6) is 23.0 Å². The Hall–Kier alpha value is -2.45. The first kappa shape index (κ1) is 18.3. The number of ether oxygens (including phenoxy) is 4. The van der Waals surface area contributed by atoms with Crippen molar-refractivity contribution in [1.29, 1.82) is 0 Å². The van der Waals surface area contributed by atoms with Crippen LogP contribution >= 0.6 is 0 Å². The summed E-state index contributed by atoms with van der Waals surface area (Å²) in [6, 6.07) is 9.86. The molecule has 0 fully saturated rings. The minimum Gasteiger partial charge on any atom is -0.493 e. The van der Waals surface area contributed by atoms with Crippen LogP contribution in [0.2, 0.25) is 0 Å². The second-order valence-electron chi connectivity index (χ2n) is 5.55. The lowest BCUT2D eigenvalue weighted by atomic mass is 10.2. The molecule has 1 N–H and O–H groups in total. The van der Waals surface area contributed by atoms with Gasteiger partial charge in [-0.15, -0.1) is 0 Å². The van der Waals surface area contributed by atoms with E-state index in [1.54, 1.807) is 31.4 Å². The fraction of sp³-hybridized carbons (Fsp3) is 0.333. The molecule has 140 valence electrons. The Morgan fingerprint density at radius 1 is 1.04 bits per heavy atom. The van der Waals surface area contributed by atoms with Gasteiger partial charge in [0.05, 0.1) is 18.6 Å². The van der Waals surface area contributed by atoms with Crippen molar-refractivity contribution in [1.82, 2.24) is 4.72 Å². The topological polar surface area (TPSA) is 83.1 Å². The van der Waals surface area contributed by atoms with Crippen LogP contribution in [-0.4, -0.2) is 35.3 Å². The van der Waals surface area contributed by atoms with E-state index in [1.165, 1.54) is 12.1 Å². The van der Waals surface area contributed by atoms with Crippen molar-refractivity contribution in [2.75, 3.05) is 26.9 Å². The summed E-state index contributed by atoms with van der Waals surface area (Å²) in [4.78, 5) is 0.125. The molecule has 1 aliphatic heterocycles. The summed E-state index contributed by atoms with van der Waals surface area (Å²) in [5, 5.41) is 0. The van der Waals surface area contributed by atoms with Gasteiger partial charge < -0.3 is 18.9 Å². The first-order valence-corrected chi connectivity index (χ1v) is 9.71. The fourth-order valence-electron chi connectivity index (χ4n) is 2.55. The minimum atomic E-state index is -3.69. The van der Waals surface area contributed by atoms with Gasteiger partial charge in [0.15, 0.2) is 23.0 Å². The number of methoxy groups -OCH3 is 1. The molecule has 0 saturated heterocycles. The highest BCUT2D eigenvalue weighted by Crippen LogP contribution is 2.32. The predicted octanol–water partition coefficient (Wildman–Crippen LogP) is 2.34. The van der Waals surface area contributed by atoms with Gasteiger partial charge in [0, 0.05) is 12.6 Å². The van der Waals surface area contributed by atoms with E-state index in [2.05, 4.69) is 4.72 Å². The number of benzene rings is 2. The molecule has 0 bridgehead atoms. The van der Waals surface area contributed by atoms with Crippen LogP contribution in [0.15, 0.2) is 41.3 Å². The van der Waals surface area contributed by atoms with E-state index in [9.17, 15) is 8.42 Å². The second-order valence-corrected chi connectivity index (χ2v) is 7.32. The van der Waals surface area contributed by atoms with Crippen LogP contribution in [0.4, 0.5) is 0 Å². The predicted molar refractivity (Wildman–Crippen MR) is 95.6 cm³/mol. The van der Waals surface area contributed by atoms with E-state index >= 15 is 0 Å². The minimum absolute atomic E-state index is 0.125. The maximum absolute atomic E-state index is 12.6. The Balaban J connectivity index is 1.75. The summed E-state index contributed by atoms with van der Waals surface area (Å²) in [6.45, 7) is 3.34. The highest BCUT2D eigenvalue weighted by atomic mass is 32.2. The lowest BCUT2D eigenvalue weighted by Gasteiger charge is -2.19. The van der Waals surface area contributed by atoms with Crippen LogP contribution < -0.4 is 23.7 Å². The van der Waals surface area contributed by atoms with Gasteiger partial charge in [-0.25, -0.2) is 13.1 Å². The van der Waals surface area contributed by atoms with Gasteiger partial charge in [0.1, 0.15) is 13.2 Å². The molecule has 0 saturated carbocycles. The van der Waals surface area contributed by atoms with Crippen molar-refractivity contribution in [2.24, 2.45) is 0 Å². The average molecular weight is 379 g/mol. The van der Waals surface area contributed by atoms with Crippen LogP contribution in [0, 0.1) is 0 Å². The molecule has 8 heteroatoms. The normalized spacial score (nSPS) is 13.3. The molecular formula is C18H21NO6S. The van der Waals surface area contributed by atoms with Crippen molar-refractivity contribution in [2.45, 2.75) is 18.4 Å². The smallest absolute Gasteiger partial charge is 0.241 e. The van der Waals surface area contributed by atoms with Crippen LogP contribution in [0.25, 0.3) is 0 Å². The third-order valence-electron chi connectivity index (χ3n) is 3.82. The molecule has 3 rings (SSSR count). The Kier molecular flexibility index (Phi) is 5.53. The van der Waals surface area contributed by atoms with Crippen molar-refractivity contribution in [3.8, 4) is 23.0 Å². The summed E-state index contributed by atoms with van der Waals surface area (Å²) in [6.07, 6.45) is 0. The van der Waals surface area contributed by atoms with Crippen molar-refractivity contribution >= 4 is 10.0 Å². The molecule has 2 aromatic carbocycles. The summed E-state index contributed by atoms with van der Waals surface area (Å²) in [5.74, 6) is 2.16. The number of nitrogens with one attached hydrogen (secondary N) is 1. The van der Waals surface area contributed by atoms with Crippen molar-refractivity contribution in [3.05, 3.63) is 42.0 Å². The van der Waals surface area contributed by atoms with Crippen molar-refractivity contribution < 1.29 is 27.4 Å². The number of hydrogen-bond donors (Lipinski definition) is 1. The largest absolute Gasteiger partial charge is 0.493 e. The number of fused-ring (bicyclic) bond motifs is 1. The molecule has 0 spiro atoms. The van der Waals surface area contributed by atoms with Gasteiger partial charge in [-0.2, -0.15) is 0 Å². The zero-order valence-corrected chi connectivity index (χ0v) is 15.5. The highest BCUT2D eigenvalue weighted by Gasteiger charge is 2.19. The molecule has 26 heavy (non-hydrogen) atoms. The number of sulfonamides is 1. The fourth-order valence-corrected chi connectivity index (χ4v) is 3.58. The van der Waals surface area contributed by atoms with Gasteiger partial charge >= 0.3 is 0 Å². The van der Waals surface area contributed by atoms with Crippen LogP contribution in [0.1, 0.15) is 12.5 Å². The van der Waals surface area contributed by atoms with E-state index in [-0.39, 0.29) is 11.4 Å². The van der Waals surface area contributed by atoms with E-state index in [4.69, 9.17) is 18.9 Å². The Bertz CT molecular complexity index is 881. The quantitative estimate of drug-likeness (QED) is 0.795. The maximum Gasteiger partial charge on any atom is 0.241 e. The first-order chi connectivity index (χ1) is 12.5. The maximum atomic E-state index is 12.6. The van der Waals surface area contributed by atoms with E-state index in [0.717, 1.165) is 5.56 Å². The number of hydrogen-bond acceptors (Lipinski definition) is 6. The molecule has 0 radical (unpaired) electrons. The van der Waals surface area contributed by atoms with Crippen LogP contribution in [0.3, 0.4) is 0 Å². The second kappa shape index (κ2) is 7.84. The van der Waals surface area contributed by atoms with Crippen LogP contribution in [-0.2, 0) is 16.6 Å². The zero-order chi connectivity index (χ0) is 18.6. The van der Waals surface area contributed by atoms with Gasteiger partial charge in [-0.3, -0.25) is 0 Å². The molecule has 0 atom stereocenters. The Labute approximate surface area is 152 Å². The van der Waals surface area contributed by atoms with E-state index < -0.39 is 10.0 Å². The summed E-state index contributed by atoms with van der Waals surface area (Å²) in [5.41, 5.74) is 0.760. The van der Waals surface area contributed by atoms with Gasteiger partial charge in [-0.1, -0.05) is 6.07 Å². The van der Waals surface area contributed by atoms with Gasteiger partial charge in [0.2, 0.25) is 10.0 Å². The highest BCUT2D eigenvalue weighted by molar-refractivity contribution is 7.89. The van der Waals surface area contributed by atoms with E-state index in [1.807, 2.05) is 6.92 Å². The first-order valence-electron chi connectivity index (χ1n) is 8.22. The molecule has 1 aliphatic rings. The molecular weight excluding hydrogens is 358 g/mol. The molecule has 2 aromatic rings. The molecule has 0 amide bonds. The summed E-state index contributed by atoms with van der Waals surface area (Å²) < 4.78 is 49.3. The monoisotopic (exact) mass is 379 g/mol. The summed E-state index contributed by atoms with van der Waals surface area (Å²) >= 11 is 0. The summed E-state index contributed by atoms with van der Waals surface area (Å²) in [7, 11) is -2.13. The standard InChI is InChI=1S/C18H21NO6S/c1-3-23-17-10-13(4-6-15(17)22-2)12-19-26(20,21)14-5-7-16-18(11-14)25-9-8-24-16/h4-7,10-11,19H,3,8-9,12H2,1-2H3. The molecule has 7 nitrogen and oxygen atoms in total. The Morgan fingerprint density at radius 3 is 2.54 bits per heavy atom. The SMILES string of the molecule is CCOc1cc(CNS(=O)(=O)c2ccc3c(c2)OCCO3)ccc1OC. The lowest BCUT2D eigenvalue weighted by Crippen LogP contribution is -2.24. The molecule has 1 heterocycles. The Morgan fingerprint density at radius 2 is 1.81 bits per heavy atom. The average Bonchev–Trinajstić information content (AvgIpc) is 2.66. The molecule has 0 aliphatic carbocycles. The van der Waals surface area contributed by atoms with Gasteiger partial charge in [0.25, 0.3) is 0 Å². The molecule has 0 unspecified atom stereocenters. The van der Waals surface area contributed by atoms with Gasteiger partial charge in [-0.05, 0) is 36.8 Å². The number of rotatable bonds is 7. The van der Waals surface area contributed by atoms with E-state index in [0.29, 0.717) is 42.8 Å². The molecule has 0 aromatic heterocycles. The lowest BCUT2D eigenvalue weighted by molar-refractivity contribution is 0.171. The zero-order valence-electron chi connectivity index (χ0n) is 14.7. The van der Waals surface area contributed by atoms with Crippen molar-refractivity contribution in [3.63, 3.8) is 0 Å². The third-order valence-corrected chi connectivity index (χ3v) is 5.22.